The van der Waals surface area contributed by atoms with Gasteiger partial charge in [-0.25, -0.2) is 19.9 Å². The molecule has 33 heavy (non-hydrogen) atoms. The summed E-state index contributed by atoms with van der Waals surface area (Å²) in [5.74, 6) is 1.37. The number of nitrogens with zero attached hydrogens (tertiary/aromatic N) is 4. The smallest absolute Gasteiger partial charge is 0.165 e. The average Bonchev–Trinajstić information content (AvgIpc) is 2.89. The Balaban J connectivity index is 1.59. The van der Waals surface area contributed by atoms with Gasteiger partial charge < -0.3 is 10.1 Å². The molecule has 2 heterocycles. The molecular weight excluding hydrogens is 410 g/mol. The maximum absolute atomic E-state index is 5.21. The first kappa shape index (κ1) is 20.7. The van der Waals surface area contributed by atoms with Crippen LogP contribution in [0.5, 0.6) is 0 Å². The number of hydrogen-bond donors (Lipinski definition) is 1. The standard InChI is InChI=1S/C27H23N5O/c1-33-17-20-12-10-19(11-13-20)14-30-27-25-23(21-6-3-2-4-7-21)8-5-9-24(25)31-26(32-27)22-15-28-18-29-16-22/h2-13,15-16,18H,14,17H2,1H3,(H,30,31,32). The van der Waals surface area contributed by atoms with Crippen LogP contribution in [0.2, 0.25) is 0 Å². The second-order valence-corrected chi connectivity index (χ2v) is 7.69. The summed E-state index contributed by atoms with van der Waals surface area (Å²) in [7, 11) is 1.70. The SMILES string of the molecule is COCc1ccc(CNc2nc(-c3cncnc3)nc3cccc(-c4ccccc4)c23)cc1. The van der Waals surface area contributed by atoms with Gasteiger partial charge in [0.2, 0.25) is 0 Å². The Bertz CT molecular complexity index is 1360. The van der Waals surface area contributed by atoms with Gasteiger partial charge >= 0.3 is 0 Å². The summed E-state index contributed by atoms with van der Waals surface area (Å²) in [6.45, 7) is 1.24. The molecule has 0 amide bonds. The quantitative estimate of drug-likeness (QED) is 0.365. The average molecular weight is 434 g/mol. The maximum atomic E-state index is 5.21. The number of hydrogen-bond acceptors (Lipinski definition) is 6. The van der Waals surface area contributed by atoms with Gasteiger partial charge in [-0.05, 0) is 28.3 Å². The lowest BCUT2D eigenvalue weighted by Gasteiger charge is -2.14. The van der Waals surface area contributed by atoms with Crippen LogP contribution in [0.3, 0.4) is 0 Å². The monoisotopic (exact) mass is 433 g/mol. The second-order valence-electron chi connectivity index (χ2n) is 7.69. The van der Waals surface area contributed by atoms with Crippen LogP contribution in [0.15, 0.2) is 91.5 Å². The number of anilines is 1. The van der Waals surface area contributed by atoms with Crippen molar-refractivity contribution in [3.63, 3.8) is 0 Å². The molecule has 0 spiro atoms. The molecule has 0 saturated carbocycles. The van der Waals surface area contributed by atoms with E-state index in [9.17, 15) is 0 Å². The van der Waals surface area contributed by atoms with E-state index in [0.29, 0.717) is 19.0 Å². The summed E-state index contributed by atoms with van der Waals surface area (Å²) in [6, 6.07) is 24.8. The number of aromatic nitrogens is 4. The Labute approximate surface area is 192 Å². The van der Waals surface area contributed by atoms with E-state index in [-0.39, 0.29) is 0 Å². The van der Waals surface area contributed by atoms with Crippen LogP contribution in [-0.4, -0.2) is 27.0 Å². The van der Waals surface area contributed by atoms with E-state index in [1.54, 1.807) is 19.5 Å². The third-order valence-electron chi connectivity index (χ3n) is 5.42. The van der Waals surface area contributed by atoms with Crippen molar-refractivity contribution in [2.45, 2.75) is 13.2 Å². The van der Waals surface area contributed by atoms with E-state index >= 15 is 0 Å². The second kappa shape index (κ2) is 9.54. The van der Waals surface area contributed by atoms with Crippen LogP contribution in [0.25, 0.3) is 33.4 Å². The summed E-state index contributed by atoms with van der Waals surface area (Å²) in [5, 5.41) is 4.54. The molecule has 6 nitrogen and oxygen atoms in total. The Hall–Kier alpha value is -4.16. The van der Waals surface area contributed by atoms with Crippen molar-refractivity contribution in [3.8, 4) is 22.5 Å². The zero-order valence-corrected chi connectivity index (χ0v) is 18.3. The fourth-order valence-electron chi connectivity index (χ4n) is 3.82. The number of rotatable bonds is 7. The normalized spacial score (nSPS) is 10.9. The number of nitrogens with one attached hydrogen (secondary N) is 1. The van der Waals surface area contributed by atoms with Crippen molar-refractivity contribution in [3.05, 3.63) is 103 Å². The minimum absolute atomic E-state index is 0.589. The van der Waals surface area contributed by atoms with Crippen molar-refractivity contribution >= 4 is 16.7 Å². The molecule has 0 saturated heterocycles. The topological polar surface area (TPSA) is 72.8 Å². The van der Waals surface area contributed by atoms with Crippen LogP contribution in [-0.2, 0) is 17.9 Å². The van der Waals surface area contributed by atoms with Gasteiger partial charge in [0, 0.05) is 26.0 Å². The highest BCUT2D eigenvalue weighted by molar-refractivity contribution is 6.02. The van der Waals surface area contributed by atoms with Crippen molar-refractivity contribution < 1.29 is 4.74 Å². The van der Waals surface area contributed by atoms with Crippen LogP contribution in [0.1, 0.15) is 11.1 Å². The van der Waals surface area contributed by atoms with Crippen molar-refractivity contribution in [1.29, 1.82) is 0 Å². The number of methoxy groups -OCH3 is 1. The highest BCUT2D eigenvalue weighted by Crippen LogP contribution is 2.34. The summed E-state index contributed by atoms with van der Waals surface area (Å²) < 4.78 is 5.21. The van der Waals surface area contributed by atoms with E-state index < -0.39 is 0 Å². The molecular formula is C27H23N5O. The maximum Gasteiger partial charge on any atom is 0.165 e. The van der Waals surface area contributed by atoms with E-state index in [1.165, 1.54) is 6.33 Å². The highest BCUT2D eigenvalue weighted by atomic mass is 16.5. The molecule has 0 bridgehead atoms. The van der Waals surface area contributed by atoms with Crippen LogP contribution < -0.4 is 5.32 Å². The Kier molecular flexibility index (Phi) is 5.99. The zero-order valence-electron chi connectivity index (χ0n) is 18.3. The molecule has 0 aliphatic carbocycles. The molecule has 0 radical (unpaired) electrons. The van der Waals surface area contributed by atoms with Gasteiger partial charge in [-0.2, -0.15) is 0 Å². The molecule has 5 aromatic rings. The molecule has 162 valence electrons. The van der Waals surface area contributed by atoms with Crippen molar-refractivity contribution in [2.24, 2.45) is 0 Å². The summed E-state index contributed by atoms with van der Waals surface area (Å²) >= 11 is 0. The van der Waals surface area contributed by atoms with E-state index in [1.807, 2.05) is 30.3 Å². The number of ether oxygens (including phenoxy) is 1. The number of fused-ring (bicyclic) bond motifs is 1. The van der Waals surface area contributed by atoms with Gasteiger partial charge in [0.05, 0.1) is 23.1 Å². The summed E-state index contributed by atoms with van der Waals surface area (Å²) in [5.41, 5.74) is 6.14. The minimum atomic E-state index is 0.589. The molecule has 6 heteroatoms. The Morgan fingerprint density at radius 2 is 1.52 bits per heavy atom. The molecule has 0 fully saturated rings. The Morgan fingerprint density at radius 3 is 2.27 bits per heavy atom. The molecule has 0 unspecified atom stereocenters. The zero-order chi connectivity index (χ0) is 22.5. The van der Waals surface area contributed by atoms with Gasteiger partial charge in [-0.1, -0.05) is 66.7 Å². The van der Waals surface area contributed by atoms with Crippen molar-refractivity contribution in [1.82, 2.24) is 19.9 Å². The first-order chi connectivity index (χ1) is 16.3. The molecule has 3 aromatic carbocycles. The van der Waals surface area contributed by atoms with Crippen LogP contribution >= 0.6 is 0 Å². The third kappa shape index (κ3) is 4.56. The molecule has 1 N–H and O–H groups in total. The van der Waals surface area contributed by atoms with Crippen LogP contribution in [0.4, 0.5) is 5.82 Å². The van der Waals surface area contributed by atoms with Gasteiger partial charge in [-0.3, -0.25) is 0 Å². The fraction of sp³-hybridized carbons (Fsp3) is 0.111. The van der Waals surface area contributed by atoms with Gasteiger partial charge in [-0.15, -0.1) is 0 Å². The predicted molar refractivity (Wildman–Crippen MR) is 130 cm³/mol. The third-order valence-corrected chi connectivity index (χ3v) is 5.42. The number of benzene rings is 3. The summed E-state index contributed by atoms with van der Waals surface area (Å²) in [4.78, 5) is 18.0. The Morgan fingerprint density at radius 1 is 0.758 bits per heavy atom. The first-order valence-electron chi connectivity index (χ1n) is 10.7. The fourth-order valence-corrected chi connectivity index (χ4v) is 3.82. The predicted octanol–water partition coefficient (Wildman–Crippen LogP) is 5.51. The molecule has 2 aromatic heterocycles. The lowest BCUT2D eigenvalue weighted by Crippen LogP contribution is -2.05. The summed E-state index contributed by atoms with van der Waals surface area (Å²) in [6.07, 6.45) is 4.96. The van der Waals surface area contributed by atoms with E-state index in [0.717, 1.165) is 44.5 Å². The van der Waals surface area contributed by atoms with Gasteiger partial charge in [0.25, 0.3) is 0 Å². The molecule has 0 aliphatic heterocycles. The van der Waals surface area contributed by atoms with Gasteiger partial charge in [0.1, 0.15) is 12.1 Å². The lowest BCUT2D eigenvalue weighted by molar-refractivity contribution is 0.185. The van der Waals surface area contributed by atoms with E-state index in [2.05, 4.69) is 57.7 Å². The lowest BCUT2D eigenvalue weighted by atomic mass is 10.0. The molecule has 0 atom stereocenters. The largest absolute Gasteiger partial charge is 0.380 e. The minimum Gasteiger partial charge on any atom is -0.380 e. The van der Waals surface area contributed by atoms with E-state index in [4.69, 9.17) is 14.7 Å². The first-order valence-corrected chi connectivity index (χ1v) is 10.7. The molecule has 5 rings (SSSR count). The van der Waals surface area contributed by atoms with Crippen LogP contribution in [0, 0.1) is 0 Å². The molecule has 0 aliphatic rings. The highest BCUT2D eigenvalue weighted by Gasteiger charge is 2.14. The van der Waals surface area contributed by atoms with Crippen molar-refractivity contribution in [2.75, 3.05) is 12.4 Å². The van der Waals surface area contributed by atoms with Gasteiger partial charge in [0.15, 0.2) is 5.82 Å².